The number of likely N-dealkylation sites (N-methyl/N-ethyl adjacent to an activating group) is 1. The molecule has 10 rings (SSSR count). The third kappa shape index (κ3) is 6.93. The molecule has 0 saturated carbocycles. The average Bonchev–Trinajstić information content (AvgIpc) is 3.94. The Morgan fingerprint density at radius 1 is 1.02 bits per heavy atom. The smallest absolute Gasteiger partial charge is 0.245 e. The summed E-state index contributed by atoms with van der Waals surface area (Å²) in [6.07, 6.45) is 2.97. The lowest BCUT2D eigenvalue weighted by Gasteiger charge is -2.57. The number of alkyl halides is 1. The molecule has 0 radical (unpaired) electrons. The minimum atomic E-state index is -0.836. The highest BCUT2D eigenvalue weighted by atomic mass is 19.1. The number of morpholine rings is 1. The van der Waals surface area contributed by atoms with Crippen LogP contribution in [0.5, 0.6) is 0 Å². The highest BCUT2D eigenvalue weighted by Gasteiger charge is 2.51. The Bertz CT molecular complexity index is 2690. The summed E-state index contributed by atoms with van der Waals surface area (Å²) >= 11 is 0. The summed E-state index contributed by atoms with van der Waals surface area (Å²) in [4.78, 5) is 46.7. The van der Waals surface area contributed by atoms with Gasteiger partial charge >= 0.3 is 0 Å². The summed E-state index contributed by atoms with van der Waals surface area (Å²) in [5, 5.41) is 8.42. The second-order valence-electron chi connectivity index (χ2n) is 16.4. The van der Waals surface area contributed by atoms with Crippen molar-refractivity contribution in [1.29, 1.82) is 0 Å². The van der Waals surface area contributed by atoms with Crippen molar-refractivity contribution in [2.45, 2.75) is 50.5 Å². The SMILES string of the molecule is CCO[C@H]1CN(C)C(=O)[C@@H]2C[C@@H](CN2c2nc(N3CC4(COCCN4CCF)C3)nc3c2cnn3-c2ccc(F)cc2F)Nc2nccc(n2)-c2cc(F)cc3nc(C)n(c23)C1. The van der Waals surface area contributed by atoms with Gasteiger partial charge in [0, 0.05) is 82.9 Å². The molecule has 6 aromatic rings. The van der Waals surface area contributed by atoms with E-state index in [1.54, 1.807) is 24.2 Å². The van der Waals surface area contributed by atoms with Crippen LogP contribution >= 0.6 is 0 Å². The van der Waals surface area contributed by atoms with Crippen molar-refractivity contribution < 1.29 is 31.8 Å². The molecule has 4 aliphatic heterocycles. The van der Waals surface area contributed by atoms with Gasteiger partial charge in [0.05, 0.1) is 59.7 Å². The maximum absolute atomic E-state index is 15.4. The third-order valence-electron chi connectivity index (χ3n) is 12.5. The monoisotopic (exact) mass is 855 g/mol. The van der Waals surface area contributed by atoms with Crippen LogP contribution in [0.4, 0.5) is 35.3 Å². The number of amides is 1. The van der Waals surface area contributed by atoms with Crippen LogP contribution in [-0.4, -0.2) is 152 Å². The molecule has 8 heterocycles. The zero-order valence-electron chi connectivity index (χ0n) is 34.4. The first-order chi connectivity index (χ1) is 30.0. The molecule has 4 aliphatic rings. The number of rotatable bonds is 7. The molecule has 0 unspecified atom stereocenters. The van der Waals surface area contributed by atoms with E-state index in [1.807, 2.05) is 28.2 Å². The van der Waals surface area contributed by atoms with Crippen LogP contribution in [0.15, 0.2) is 48.8 Å². The number of nitrogens with zero attached hydrogens (tertiary/aromatic N) is 12. The van der Waals surface area contributed by atoms with Crippen molar-refractivity contribution in [3.63, 3.8) is 0 Å². The van der Waals surface area contributed by atoms with Crippen molar-refractivity contribution >= 4 is 45.7 Å². The number of aryl methyl sites for hydroxylation is 1. The molecule has 1 spiro atoms. The molecule has 1 amide bonds. The van der Waals surface area contributed by atoms with E-state index in [1.165, 1.54) is 29.1 Å². The van der Waals surface area contributed by atoms with E-state index >= 15 is 8.78 Å². The Morgan fingerprint density at radius 3 is 2.68 bits per heavy atom. The predicted octanol–water partition coefficient (Wildman–Crippen LogP) is 4.14. The molecule has 1 N–H and O–H groups in total. The van der Waals surface area contributed by atoms with E-state index in [0.29, 0.717) is 97.7 Å². The number of nitrogens with one attached hydrogen (secondary N) is 1. The number of carbonyl (C=O) groups is 1. The van der Waals surface area contributed by atoms with Gasteiger partial charge in [-0.05, 0) is 44.5 Å². The molecule has 2 aromatic carbocycles. The normalized spacial score (nSPS) is 21.7. The van der Waals surface area contributed by atoms with Gasteiger partial charge in [0.2, 0.25) is 17.8 Å². The van der Waals surface area contributed by atoms with Crippen LogP contribution in [0, 0.1) is 24.4 Å². The van der Waals surface area contributed by atoms with Gasteiger partial charge in [0.25, 0.3) is 0 Å². The summed E-state index contributed by atoms with van der Waals surface area (Å²) in [5.41, 5.74) is 1.97. The Labute approximate surface area is 353 Å². The van der Waals surface area contributed by atoms with Crippen LogP contribution in [0.1, 0.15) is 19.2 Å². The van der Waals surface area contributed by atoms with Crippen LogP contribution in [-0.2, 0) is 20.8 Å². The van der Waals surface area contributed by atoms with Gasteiger partial charge in [-0.3, -0.25) is 9.69 Å². The number of ether oxygens (including phenoxy) is 2. The topological polar surface area (TPSA) is 148 Å². The molecule has 324 valence electrons. The Hall–Kier alpha value is -5.99. The summed E-state index contributed by atoms with van der Waals surface area (Å²) in [5.74, 6) is -0.622. The zero-order valence-corrected chi connectivity index (χ0v) is 34.4. The lowest BCUT2D eigenvalue weighted by Crippen LogP contribution is -2.75. The first-order valence-electron chi connectivity index (χ1n) is 20.8. The van der Waals surface area contributed by atoms with Gasteiger partial charge < -0.3 is 34.1 Å². The maximum atomic E-state index is 15.4. The molecule has 3 fully saturated rings. The molecule has 62 heavy (non-hydrogen) atoms. The molecule has 20 heteroatoms. The minimum Gasteiger partial charge on any atom is -0.378 e. The summed E-state index contributed by atoms with van der Waals surface area (Å²) in [6.45, 7) is 7.08. The summed E-state index contributed by atoms with van der Waals surface area (Å²) < 4.78 is 73.9. The van der Waals surface area contributed by atoms with Crippen molar-refractivity contribution in [2.75, 3.05) is 87.9 Å². The van der Waals surface area contributed by atoms with Gasteiger partial charge in [-0.2, -0.15) is 15.1 Å². The highest BCUT2D eigenvalue weighted by Crippen LogP contribution is 2.39. The van der Waals surface area contributed by atoms with Crippen molar-refractivity contribution in [3.8, 4) is 16.9 Å². The number of aromatic nitrogens is 8. The third-order valence-corrected chi connectivity index (χ3v) is 12.5. The second-order valence-corrected chi connectivity index (χ2v) is 16.4. The molecular formula is C42H45F4N13O3. The number of hydrogen-bond acceptors (Lipinski definition) is 13. The highest BCUT2D eigenvalue weighted by molar-refractivity contribution is 5.94. The average molecular weight is 856 g/mol. The van der Waals surface area contributed by atoms with E-state index in [9.17, 15) is 13.6 Å². The quantitative estimate of drug-likeness (QED) is 0.230. The van der Waals surface area contributed by atoms with E-state index in [0.717, 1.165) is 12.1 Å². The van der Waals surface area contributed by atoms with Gasteiger partial charge in [0.1, 0.15) is 41.7 Å². The maximum Gasteiger partial charge on any atom is 0.245 e. The number of halogens is 4. The van der Waals surface area contributed by atoms with Gasteiger partial charge in [-0.25, -0.2) is 37.2 Å². The predicted molar refractivity (Wildman–Crippen MR) is 222 cm³/mol. The van der Waals surface area contributed by atoms with Gasteiger partial charge in [0.15, 0.2) is 11.5 Å². The summed E-state index contributed by atoms with van der Waals surface area (Å²) in [7, 11) is 1.74. The standard InChI is InChI=1S/C42H45F4N13O3/c1-4-62-28-19-54(3)39(60)35-16-27(50-40-47-9-7-32(51-40)29-13-26(45)15-33-36(29)57(20-28)24(2)49-33)18-58(35)37-30-17-48-59(34-6-5-25(44)14-31(34)46)38(30)53-41(52-37)55-21-42(22-55)23-61-12-11-56(42)10-8-43/h5-7,9,13-15,17,27-28,35H,4,8,10-12,16,18-23H2,1-3H3,(H,47,50,51)/t27-,28-,35-/m0/s1. The fourth-order valence-electron chi connectivity index (χ4n) is 9.58. The summed E-state index contributed by atoms with van der Waals surface area (Å²) in [6, 6.07) is 6.63. The van der Waals surface area contributed by atoms with Crippen LogP contribution in [0.3, 0.4) is 0 Å². The first kappa shape index (κ1) is 40.1. The first-order valence-corrected chi connectivity index (χ1v) is 20.8. The van der Waals surface area contributed by atoms with Crippen LogP contribution in [0.25, 0.3) is 39.0 Å². The van der Waals surface area contributed by atoms with E-state index < -0.39 is 41.8 Å². The van der Waals surface area contributed by atoms with Crippen molar-refractivity contribution in [3.05, 3.63) is 72.1 Å². The van der Waals surface area contributed by atoms with E-state index in [-0.39, 0.29) is 48.9 Å². The number of carbonyl (C=O) groups excluding carboxylic acids is 1. The number of hydrogen-bond donors (Lipinski definition) is 1. The zero-order chi connectivity index (χ0) is 42.9. The molecule has 16 nitrogen and oxygen atoms in total. The number of imidazole rings is 1. The largest absolute Gasteiger partial charge is 0.378 e. The molecular weight excluding hydrogens is 811 g/mol. The van der Waals surface area contributed by atoms with Crippen molar-refractivity contribution in [1.82, 2.24) is 49.1 Å². The lowest BCUT2D eigenvalue weighted by atomic mass is 9.87. The van der Waals surface area contributed by atoms with E-state index in [2.05, 4.69) is 20.3 Å². The Balaban J connectivity index is 1.08. The van der Waals surface area contributed by atoms with Gasteiger partial charge in [-0.15, -0.1) is 0 Å². The fourth-order valence-corrected chi connectivity index (χ4v) is 9.58. The molecule has 3 saturated heterocycles. The second kappa shape index (κ2) is 15.7. The molecule has 4 bridgehead atoms. The van der Waals surface area contributed by atoms with Gasteiger partial charge in [-0.1, -0.05) is 0 Å². The Kier molecular flexibility index (Phi) is 10.2. The lowest BCUT2D eigenvalue weighted by molar-refractivity contribution is -0.133. The molecule has 0 aliphatic carbocycles. The van der Waals surface area contributed by atoms with Crippen LogP contribution < -0.4 is 15.1 Å². The van der Waals surface area contributed by atoms with Crippen molar-refractivity contribution in [2.24, 2.45) is 0 Å². The molecule has 3 atom stereocenters. The fraction of sp³-hybridized carbons (Fsp3) is 0.452. The van der Waals surface area contributed by atoms with E-state index in [4.69, 9.17) is 29.4 Å². The number of fused-ring (bicyclic) bond motifs is 6. The molecule has 4 aromatic heterocycles. The number of benzene rings is 2. The Morgan fingerprint density at radius 2 is 1.87 bits per heavy atom. The minimum absolute atomic E-state index is 0.0208. The van der Waals surface area contributed by atoms with Crippen LogP contribution in [0.2, 0.25) is 0 Å². The number of anilines is 3.